The average Bonchev–Trinajstić information content (AvgIpc) is 3.19. The number of hydrogen-bond donors (Lipinski definition) is 2. The van der Waals surface area contributed by atoms with E-state index in [2.05, 4.69) is 32.7 Å². The highest BCUT2D eigenvalue weighted by Gasteiger charge is 2.18. The molecule has 3 rings (SSSR count). The molecule has 2 N–H and O–H groups in total. The molecule has 2 heterocycles. The van der Waals surface area contributed by atoms with E-state index in [1.54, 1.807) is 31.4 Å². The van der Waals surface area contributed by atoms with E-state index in [-0.39, 0.29) is 16.8 Å². The Morgan fingerprint density at radius 1 is 1.28 bits per heavy atom. The number of amides is 2. The zero-order valence-corrected chi connectivity index (χ0v) is 17.6. The van der Waals surface area contributed by atoms with Crippen molar-refractivity contribution in [2.45, 2.75) is 38.8 Å². The standard InChI is InChI=1S/C20H27N5O3S/c1-14-6-3-4-10-25(14)11-9-21-18(26)15-7-5-8-16(12-15)22-19(27)20-24-23-17(29-20)13-28-2/h5,7-8,12,14H,3-4,6,9-11,13H2,1-2H3,(H,21,26)(H,22,27)/t14-/m1/s1. The van der Waals surface area contributed by atoms with Crippen molar-refractivity contribution < 1.29 is 14.3 Å². The number of nitrogens with zero attached hydrogens (tertiary/aromatic N) is 3. The number of likely N-dealkylation sites (tertiary alicyclic amines) is 1. The van der Waals surface area contributed by atoms with Crippen LogP contribution < -0.4 is 10.6 Å². The number of nitrogens with one attached hydrogen (secondary N) is 2. The summed E-state index contributed by atoms with van der Waals surface area (Å²) in [5.74, 6) is -0.509. The maximum absolute atomic E-state index is 12.5. The summed E-state index contributed by atoms with van der Waals surface area (Å²) in [6.07, 6.45) is 3.73. The second-order valence-electron chi connectivity index (χ2n) is 7.11. The molecule has 0 aliphatic carbocycles. The molecular formula is C20H27N5O3S. The van der Waals surface area contributed by atoms with Crippen LogP contribution in [0.3, 0.4) is 0 Å². The molecule has 1 atom stereocenters. The zero-order valence-electron chi connectivity index (χ0n) is 16.8. The van der Waals surface area contributed by atoms with E-state index in [0.717, 1.165) is 13.1 Å². The third-order valence-electron chi connectivity index (χ3n) is 4.94. The molecule has 1 aromatic carbocycles. The van der Waals surface area contributed by atoms with Gasteiger partial charge in [-0.1, -0.05) is 23.8 Å². The fraction of sp³-hybridized carbons (Fsp3) is 0.500. The van der Waals surface area contributed by atoms with Gasteiger partial charge in [-0.2, -0.15) is 0 Å². The number of rotatable bonds is 8. The molecule has 156 valence electrons. The number of methoxy groups -OCH3 is 1. The second-order valence-corrected chi connectivity index (χ2v) is 8.17. The van der Waals surface area contributed by atoms with E-state index >= 15 is 0 Å². The predicted octanol–water partition coefficient (Wildman–Crippen LogP) is 2.54. The molecule has 1 aromatic heterocycles. The number of carbonyl (C=O) groups excluding carboxylic acids is 2. The van der Waals surface area contributed by atoms with Gasteiger partial charge in [-0.3, -0.25) is 14.5 Å². The summed E-state index contributed by atoms with van der Waals surface area (Å²) in [5.41, 5.74) is 1.04. The van der Waals surface area contributed by atoms with Gasteiger partial charge < -0.3 is 15.4 Å². The Labute approximate surface area is 174 Å². The molecule has 29 heavy (non-hydrogen) atoms. The van der Waals surface area contributed by atoms with Gasteiger partial charge in [0.25, 0.3) is 11.8 Å². The first-order valence-electron chi connectivity index (χ1n) is 9.82. The third-order valence-corrected chi connectivity index (χ3v) is 5.83. The first-order chi connectivity index (χ1) is 14.1. The highest BCUT2D eigenvalue weighted by atomic mass is 32.1. The van der Waals surface area contributed by atoms with E-state index in [4.69, 9.17) is 4.74 Å². The molecule has 8 nitrogen and oxygen atoms in total. The van der Waals surface area contributed by atoms with Gasteiger partial charge in [0.15, 0.2) is 0 Å². The van der Waals surface area contributed by atoms with Crippen molar-refractivity contribution in [3.8, 4) is 0 Å². The van der Waals surface area contributed by atoms with Crippen molar-refractivity contribution in [3.05, 3.63) is 39.8 Å². The predicted molar refractivity (Wildman–Crippen MR) is 112 cm³/mol. The monoisotopic (exact) mass is 417 g/mol. The molecule has 9 heteroatoms. The minimum atomic E-state index is -0.360. The van der Waals surface area contributed by atoms with Crippen molar-refractivity contribution in [2.24, 2.45) is 0 Å². The Morgan fingerprint density at radius 3 is 2.93 bits per heavy atom. The van der Waals surface area contributed by atoms with Crippen LogP contribution in [0, 0.1) is 0 Å². The van der Waals surface area contributed by atoms with Crippen molar-refractivity contribution in [1.29, 1.82) is 0 Å². The first kappa shape index (κ1) is 21.4. The Bertz CT molecular complexity index is 841. The summed E-state index contributed by atoms with van der Waals surface area (Å²) in [5, 5.41) is 14.4. The van der Waals surface area contributed by atoms with Gasteiger partial charge >= 0.3 is 0 Å². The van der Waals surface area contributed by atoms with Gasteiger partial charge in [-0.05, 0) is 44.5 Å². The normalized spacial score (nSPS) is 17.1. The van der Waals surface area contributed by atoms with Crippen LogP contribution in [0.5, 0.6) is 0 Å². The van der Waals surface area contributed by atoms with Crippen molar-refractivity contribution in [3.63, 3.8) is 0 Å². The first-order valence-corrected chi connectivity index (χ1v) is 10.6. The van der Waals surface area contributed by atoms with Gasteiger partial charge in [-0.15, -0.1) is 10.2 Å². The van der Waals surface area contributed by atoms with Gasteiger partial charge in [0, 0.05) is 37.5 Å². The number of carbonyl (C=O) groups is 2. The van der Waals surface area contributed by atoms with Crippen LogP contribution >= 0.6 is 11.3 Å². The largest absolute Gasteiger partial charge is 0.377 e. The Hall–Kier alpha value is -2.36. The molecule has 0 bridgehead atoms. The topological polar surface area (TPSA) is 96.5 Å². The molecular weight excluding hydrogens is 390 g/mol. The van der Waals surface area contributed by atoms with Crippen molar-refractivity contribution in [1.82, 2.24) is 20.4 Å². The minimum Gasteiger partial charge on any atom is -0.377 e. The molecule has 0 unspecified atom stereocenters. The molecule has 1 saturated heterocycles. The van der Waals surface area contributed by atoms with Gasteiger partial charge in [0.1, 0.15) is 5.01 Å². The van der Waals surface area contributed by atoms with Crippen molar-refractivity contribution >= 4 is 28.8 Å². The lowest BCUT2D eigenvalue weighted by molar-refractivity contribution is 0.0937. The summed E-state index contributed by atoms with van der Waals surface area (Å²) in [7, 11) is 1.56. The highest BCUT2D eigenvalue weighted by molar-refractivity contribution is 7.13. The average molecular weight is 418 g/mol. The van der Waals surface area contributed by atoms with E-state index < -0.39 is 0 Å². The molecule has 0 radical (unpaired) electrons. The smallest absolute Gasteiger partial charge is 0.286 e. The Kier molecular flexibility index (Phi) is 7.68. The lowest BCUT2D eigenvalue weighted by Gasteiger charge is -2.33. The third kappa shape index (κ3) is 6.06. The molecule has 2 amide bonds. The van der Waals surface area contributed by atoms with Gasteiger partial charge in [0.05, 0.1) is 6.61 Å². The van der Waals surface area contributed by atoms with Crippen LogP contribution in [0.4, 0.5) is 5.69 Å². The number of hydrogen-bond acceptors (Lipinski definition) is 7. The Balaban J connectivity index is 1.52. The molecule has 2 aromatic rings. The second kappa shape index (κ2) is 10.4. The van der Waals surface area contributed by atoms with Gasteiger partial charge in [0.2, 0.25) is 5.01 Å². The van der Waals surface area contributed by atoms with Crippen LogP contribution in [0.1, 0.15) is 51.4 Å². The van der Waals surface area contributed by atoms with E-state index in [1.165, 1.54) is 30.6 Å². The van der Waals surface area contributed by atoms with E-state index in [9.17, 15) is 9.59 Å². The van der Waals surface area contributed by atoms with Crippen LogP contribution in [-0.2, 0) is 11.3 Å². The number of benzene rings is 1. The van der Waals surface area contributed by atoms with Gasteiger partial charge in [-0.25, -0.2) is 0 Å². The zero-order chi connectivity index (χ0) is 20.6. The summed E-state index contributed by atoms with van der Waals surface area (Å²) in [6.45, 7) is 5.10. The summed E-state index contributed by atoms with van der Waals surface area (Å²) in [4.78, 5) is 27.2. The molecule has 1 fully saturated rings. The van der Waals surface area contributed by atoms with Crippen LogP contribution in [0.15, 0.2) is 24.3 Å². The van der Waals surface area contributed by atoms with Crippen LogP contribution in [0.25, 0.3) is 0 Å². The van der Waals surface area contributed by atoms with Crippen LogP contribution in [-0.4, -0.2) is 59.7 Å². The fourth-order valence-corrected chi connectivity index (χ4v) is 4.06. The van der Waals surface area contributed by atoms with E-state index in [0.29, 0.717) is 35.5 Å². The highest BCUT2D eigenvalue weighted by Crippen LogP contribution is 2.16. The van der Waals surface area contributed by atoms with Crippen molar-refractivity contribution in [2.75, 3.05) is 32.1 Å². The maximum atomic E-state index is 12.5. The fourth-order valence-electron chi connectivity index (χ4n) is 3.35. The van der Waals surface area contributed by atoms with E-state index in [1.807, 2.05) is 0 Å². The Morgan fingerprint density at radius 2 is 2.14 bits per heavy atom. The molecule has 1 aliphatic rings. The van der Waals surface area contributed by atoms with Crippen LogP contribution in [0.2, 0.25) is 0 Å². The molecule has 0 saturated carbocycles. The quantitative estimate of drug-likeness (QED) is 0.685. The SMILES string of the molecule is COCc1nnc(C(=O)Nc2cccc(C(=O)NCCN3CCCC[C@H]3C)c2)s1. The lowest BCUT2D eigenvalue weighted by Crippen LogP contribution is -2.42. The number of ether oxygens (including phenoxy) is 1. The molecule has 0 spiro atoms. The lowest BCUT2D eigenvalue weighted by atomic mass is 10.0. The summed E-state index contributed by atoms with van der Waals surface area (Å²) >= 11 is 1.18. The summed E-state index contributed by atoms with van der Waals surface area (Å²) in [6, 6.07) is 7.45. The number of aromatic nitrogens is 2. The number of piperidine rings is 1. The minimum absolute atomic E-state index is 0.149. The maximum Gasteiger partial charge on any atom is 0.286 e. The number of anilines is 1. The molecule has 1 aliphatic heterocycles. The summed E-state index contributed by atoms with van der Waals surface area (Å²) < 4.78 is 4.99.